The van der Waals surface area contributed by atoms with Gasteiger partial charge in [0, 0.05) is 12.6 Å². The smallest absolute Gasteiger partial charge is 0.119 e. The van der Waals surface area contributed by atoms with Gasteiger partial charge in [-0.3, -0.25) is 0 Å². The summed E-state index contributed by atoms with van der Waals surface area (Å²) in [5.74, 6) is 0.618. The van der Waals surface area contributed by atoms with Crippen molar-refractivity contribution in [2.45, 2.75) is 25.5 Å². The number of nitrogens with one attached hydrogen (secondary N) is 1. The van der Waals surface area contributed by atoms with Crippen molar-refractivity contribution in [2.24, 2.45) is 0 Å². The molecule has 5 nitrogen and oxygen atoms in total. The topological polar surface area (TPSA) is 85.5 Å². The van der Waals surface area contributed by atoms with Gasteiger partial charge < -0.3 is 20.3 Å². The monoisotopic (exact) mass is 264 g/mol. The van der Waals surface area contributed by atoms with Crippen LogP contribution in [0.3, 0.4) is 0 Å². The number of aliphatic hydroxyl groups is 2. The van der Waals surface area contributed by atoms with Crippen LogP contribution >= 0.6 is 0 Å². The molecule has 0 aliphatic rings. The van der Waals surface area contributed by atoms with Gasteiger partial charge in [-0.05, 0) is 30.7 Å². The lowest BCUT2D eigenvalue weighted by Gasteiger charge is -2.17. The molecule has 104 valence electrons. The van der Waals surface area contributed by atoms with E-state index in [2.05, 4.69) is 5.32 Å². The highest BCUT2D eigenvalue weighted by Crippen LogP contribution is 2.11. The summed E-state index contributed by atoms with van der Waals surface area (Å²) in [6.45, 7) is 2.56. The second kappa shape index (κ2) is 8.48. The quantitative estimate of drug-likeness (QED) is 0.642. The van der Waals surface area contributed by atoms with Gasteiger partial charge in [0.1, 0.15) is 18.5 Å². The summed E-state index contributed by atoms with van der Waals surface area (Å²) in [5.41, 5.74) is 0.572. The molecule has 3 N–H and O–H groups in total. The first-order chi connectivity index (χ1) is 9.19. The molecule has 0 radical (unpaired) electrons. The van der Waals surface area contributed by atoms with Gasteiger partial charge in [-0.25, -0.2) is 0 Å². The van der Waals surface area contributed by atoms with Crippen LogP contribution in [-0.4, -0.2) is 42.1 Å². The molecule has 1 aromatic carbocycles. The number of hydrogen-bond donors (Lipinski definition) is 3. The Labute approximate surface area is 113 Å². The molecule has 0 aliphatic heterocycles. The minimum absolute atomic E-state index is 0.00422. The van der Waals surface area contributed by atoms with Crippen LogP contribution in [0.1, 0.15) is 18.9 Å². The van der Waals surface area contributed by atoms with Crippen molar-refractivity contribution in [3.63, 3.8) is 0 Å². The van der Waals surface area contributed by atoms with Crippen LogP contribution in [0, 0.1) is 11.3 Å². The first-order valence-electron chi connectivity index (χ1n) is 6.34. The summed E-state index contributed by atoms with van der Waals surface area (Å²) in [5, 5.41) is 30.4. The third kappa shape index (κ3) is 5.71. The molecule has 0 amide bonds. The zero-order valence-corrected chi connectivity index (χ0v) is 11.0. The highest BCUT2D eigenvalue weighted by molar-refractivity contribution is 5.34. The van der Waals surface area contributed by atoms with Crippen molar-refractivity contribution in [1.82, 2.24) is 5.32 Å². The van der Waals surface area contributed by atoms with Crippen LogP contribution in [0.15, 0.2) is 24.3 Å². The zero-order chi connectivity index (χ0) is 14.1. The SMILES string of the molecule is CC[C@@H](CO)NC[C@@H](O)COc1ccc(C#N)cc1. The molecule has 0 aliphatic carbocycles. The Kier molecular flexibility index (Phi) is 6.90. The highest BCUT2D eigenvalue weighted by Gasteiger charge is 2.09. The third-order valence-corrected chi connectivity index (χ3v) is 2.78. The molecule has 1 rings (SSSR count). The molecule has 0 saturated heterocycles. The maximum atomic E-state index is 9.73. The number of hydrogen-bond acceptors (Lipinski definition) is 5. The number of nitrogens with zero attached hydrogens (tertiary/aromatic N) is 1. The normalized spacial score (nSPS) is 13.6. The van der Waals surface area contributed by atoms with Gasteiger partial charge in [-0.1, -0.05) is 6.92 Å². The Morgan fingerprint density at radius 1 is 1.37 bits per heavy atom. The van der Waals surface area contributed by atoms with Crippen LogP contribution in [0.4, 0.5) is 0 Å². The maximum absolute atomic E-state index is 9.73. The van der Waals surface area contributed by atoms with Gasteiger partial charge >= 0.3 is 0 Å². The summed E-state index contributed by atoms with van der Waals surface area (Å²) in [6.07, 6.45) is 0.163. The summed E-state index contributed by atoms with van der Waals surface area (Å²) in [7, 11) is 0. The molecular formula is C14H20N2O3. The van der Waals surface area contributed by atoms with Crippen LogP contribution in [0.25, 0.3) is 0 Å². The van der Waals surface area contributed by atoms with Crippen molar-refractivity contribution in [3.8, 4) is 11.8 Å². The lowest BCUT2D eigenvalue weighted by molar-refractivity contribution is 0.0995. The Balaban J connectivity index is 2.29. The molecule has 0 unspecified atom stereocenters. The molecule has 2 atom stereocenters. The van der Waals surface area contributed by atoms with Crippen LogP contribution in [-0.2, 0) is 0 Å². The summed E-state index contributed by atoms with van der Waals surface area (Å²) < 4.78 is 5.40. The second-order valence-electron chi connectivity index (χ2n) is 4.30. The van der Waals surface area contributed by atoms with Crippen molar-refractivity contribution >= 4 is 0 Å². The van der Waals surface area contributed by atoms with Crippen LogP contribution < -0.4 is 10.1 Å². The minimum Gasteiger partial charge on any atom is -0.491 e. The summed E-state index contributed by atoms with van der Waals surface area (Å²) >= 11 is 0. The van der Waals surface area contributed by atoms with Gasteiger partial charge in [-0.2, -0.15) is 5.26 Å². The molecule has 0 fully saturated rings. The molecule has 0 saturated carbocycles. The van der Waals surface area contributed by atoms with Gasteiger partial charge in [0.15, 0.2) is 0 Å². The molecule has 5 heteroatoms. The lowest BCUT2D eigenvalue weighted by atomic mass is 10.2. The lowest BCUT2D eigenvalue weighted by Crippen LogP contribution is -2.39. The van der Waals surface area contributed by atoms with Crippen molar-refractivity contribution < 1.29 is 14.9 Å². The molecular weight excluding hydrogens is 244 g/mol. The van der Waals surface area contributed by atoms with E-state index >= 15 is 0 Å². The van der Waals surface area contributed by atoms with Crippen molar-refractivity contribution in [1.29, 1.82) is 5.26 Å². The zero-order valence-electron chi connectivity index (χ0n) is 11.0. The molecule has 0 heterocycles. The first kappa shape index (κ1) is 15.4. The van der Waals surface area contributed by atoms with Crippen LogP contribution in [0.5, 0.6) is 5.75 Å². The second-order valence-corrected chi connectivity index (χ2v) is 4.30. The van der Waals surface area contributed by atoms with Crippen molar-refractivity contribution in [2.75, 3.05) is 19.8 Å². The van der Waals surface area contributed by atoms with E-state index in [4.69, 9.17) is 15.1 Å². The van der Waals surface area contributed by atoms with E-state index in [-0.39, 0.29) is 19.3 Å². The summed E-state index contributed by atoms with van der Waals surface area (Å²) in [4.78, 5) is 0. The van der Waals surface area contributed by atoms with E-state index in [9.17, 15) is 5.11 Å². The fraction of sp³-hybridized carbons (Fsp3) is 0.500. The predicted octanol–water partition coefficient (Wildman–Crippen LogP) is 0.658. The number of aliphatic hydroxyl groups excluding tert-OH is 2. The molecule has 0 aromatic heterocycles. The molecule has 19 heavy (non-hydrogen) atoms. The molecule has 0 spiro atoms. The van der Waals surface area contributed by atoms with E-state index in [1.54, 1.807) is 24.3 Å². The van der Waals surface area contributed by atoms with E-state index in [1.165, 1.54) is 0 Å². The molecule has 1 aromatic rings. The Bertz CT molecular complexity index is 396. The van der Waals surface area contributed by atoms with Gasteiger partial charge in [0.2, 0.25) is 0 Å². The van der Waals surface area contributed by atoms with E-state index in [0.29, 0.717) is 17.9 Å². The fourth-order valence-corrected chi connectivity index (χ4v) is 1.52. The highest BCUT2D eigenvalue weighted by atomic mass is 16.5. The van der Waals surface area contributed by atoms with Crippen molar-refractivity contribution in [3.05, 3.63) is 29.8 Å². The van der Waals surface area contributed by atoms with Gasteiger partial charge in [-0.15, -0.1) is 0 Å². The third-order valence-electron chi connectivity index (χ3n) is 2.78. The Hall–Kier alpha value is -1.61. The molecule has 0 bridgehead atoms. The Morgan fingerprint density at radius 2 is 2.05 bits per heavy atom. The van der Waals surface area contributed by atoms with E-state index in [1.807, 2.05) is 13.0 Å². The van der Waals surface area contributed by atoms with Gasteiger partial charge in [0.25, 0.3) is 0 Å². The predicted molar refractivity (Wildman–Crippen MR) is 71.8 cm³/mol. The maximum Gasteiger partial charge on any atom is 0.119 e. The summed E-state index contributed by atoms with van der Waals surface area (Å²) in [6, 6.07) is 8.75. The minimum atomic E-state index is -0.642. The number of benzene rings is 1. The van der Waals surface area contributed by atoms with Crippen LogP contribution in [0.2, 0.25) is 0 Å². The average Bonchev–Trinajstić information content (AvgIpc) is 2.46. The first-order valence-corrected chi connectivity index (χ1v) is 6.34. The largest absolute Gasteiger partial charge is 0.491 e. The Morgan fingerprint density at radius 3 is 2.58 bits per heavy atom. The van der Waals surface area contributed by atoms with E-state index < -0.39 is 6.10 Å². The number of rotatable bonds is 8. The fourth-order valence-electron chi connectivity index (χ4n) is 1.52. The standard InChI is InChI=1S/C14H20N2O3/c1-2-12(9-17)16-8-13(18)10-19-14-5-3-11(7-15)4-6-14/h3-6,12-13,16-18H,2,8-10H2,1H3/t12-,13+/m0/s1. The van der Waals surface area contributed by atoms with Gasteiger partial charge in [0.05, 0.1) is 18.2 Å². The average molecular weight is 264 g/mol. The number of ether oxygens (including phenoxy) is 1. The number of nitriles is 1. The van der Waals surface area contributed by atoms with E-state index in [0.717, 1.165) is 6.42 Å².